The fourth-order valence-corrected chi connectivity index (χ4v) is 3.19. The molecular formula is C23H20NO+. The number of aromatic nitrogens is 1. The second-order valence-electron chi connectivity index (χ2n) is 6.25. The minimum Gasteiger partial charge on any atom is -0.457 e. The molecule has 0 amide bonds. The molecule has 0 atom stereocenters. The first kappa shape index (κ1) is 15.4. The van der Waals surface area contributed by atoms with Crippen LogP contribution in [0.3, 0.4) is 0 Å². The second-order valence-corrected chi connectivity index (χ2v) is 6.25. The number of pyridine rings is 1. The Bertz CT molecular complexity index is 1040. The molecule has 0 N–H and O–H groups in total. The summed E-state index contributed by atoms with van der Waals surface area (Å²) in [6, 6.07) is 26.8. The van der Waals surface area contributed by atoms with Crippen LogP contribution in [0, 0.1) is 6.92 Å². The SMILES string of the molecule is Cc1ccc(Oc2ccccc2)cc1-c1c2ccccc2cc[n+]1C. The first-order valence-corrected chi connectivity index (χ1v) is 8.44. The van der Waals surface area contributed by atoms with Crippen molar-refractivity contribution in [3.8, 4) is 22.8 Å². The molecule has 1 aromatic heterocycles. The predicted octanol–water partition coefficient (Wildman–Crippen LogP) is 5.43. The maximum absolute atomic E-state index is 6.04. The van der Waals surface area contributed by atoms with Gasteiger partial charge in [0.25, 0.3) is 0 Å². The molecule has 4 aromatic rings. The van der Waals surface area contributed by atoms with Gasteiger partial charge >= 0.3 is 0 Å². The van der Waals surface area contributed by atoms with Crippen LogP contribution in [0.25, 0.3) is 22.0 Å². The van der Waals surface area contributed by atoms with Crippen molar-refractivity contribution in [1.29, 1.82) is 0 Å². The lowest BCUT2D eigenvalue weighted by molar-refractivity contribution is -0.659. The smallest absolute Gasteiger partial charge is 0.220 e. The lowest BCUT2D eigenvalue weighted by Gasteiger charge is -2.11. The molecule has 4 rings (SSSR count). The highest BCUT2D eigenvalue weighted by atomic mass is 16.5. The minimum atomic E-state index is 0.847. The van der Waals surface area contributed by atoms with E-state index in [1.165, 1.54) is 27.6 Å². The number of aryl methyl sites for hydroxylation is 2. The van der Waals surface area contributed by atoms with Gasteiger partial charge in [-0.3, -0.25) is 0 Å². The molecule has 122 valence electrons. The van der Waals surface area contributed by atoms with E-state index in [-0.39, 0.29) is 0 Å². The summed E-state index contributed by atoms with van der Waals surface area (Å²) in [4.78, 5) is 0. The van der Waals surface area contributed by atoms with E-state index in [2.05, 4.69) is 67.2 Å². The Hall–Kier alpha value is -3.13. The molecule has 2 heteroatoms. The average Bonchev–Trinajstić information content (AvgIpc) is 2.64. The third-order valence-electron chi connectivity index (χ3n) is 4.49. The number of ether oxygens (including phenoxy) is 1. The summed E-state index contributed by atoms with van der Waals surface area (Å²) in [5, 5.41) is 2.48. The van der Waals surface area contributed by atoms with Crippen molar-refractivity contribution in [2.45, 2.75) is 6.92 Å². The molecule has 0 unspecified atom stereocenters. The number of rotatable bonds is 3. The quantitative estimate of drug-likeness (QED) is 0.457. The van der Waals surface area contributed by atoms with Gasteiger partial charge in [0.1, 0.15) is 18.5 Å². The summed E-state index contributed by atoms with van der Waals surface area (Å²) < 4.78 is 8.22. The predicted molar refractivity (Wildman–Crippen MR) is 102 cm³/mol. The van der Waals surface area contributed by atoms with E-state index in [1.54, 1.807) is 0 Å². The monoisotopic (exact) mass is 326 g/mol. The van der Waals surface area contributed by atoms with Crippen LogP contribution in [0.15, 0.2) is 85.1 Å². The summed E-state index contributed by atoms with van der Waals surface area (Å²) in [6.07, 6.45) is 2.11. The molecule has 3 aromatic carbocycles. The standard InChI is InChI=1S/C23H20NO/c1-17-12-13-20(25-19-9-4-3-5-10-19)16-22(17)23-21-11-7-6-8-18(21)14-15-24(23)2/h3-16H,1-2H3/q+1. The van der Waals surface area contributed by atoms with Crippen molar-refractivity contribution in [2.24, 2.45) is 7.05 Å². The van der Waals surface area contributed by atoms with Crippen LogP contribution in [0.5, 0.6) is 11.5 Å². The van der Waals surface area contributed by atoms with E-state index in [0.717, 1.165) is 11.5 Å². The molecule has 0 saturated heterocycles. The Morgan fingerprint density at radius 3 is 2.36 bits per heavy atom. The molecule has 0 spiro atoms. The largest absolute Gasteiger partial charge is 0.457 e. The van der Waals surface area contributed by atoms with Gasteiger partial charge in [0.2, 0.25) is 5.69 Å². The third-order valence-corrected chi connectivity index (χ3v) is 4.49. The summed E-state index contributed by atoms with van der Waals surface area (Å²) in [5.74, 6) is 1.69. The first-order chi connectivity index (χ1) is 12.2. The van der Waals surface area contributed by atoms with E-state index in [4.69, 9.17) is 4.74 Å². The van der Waals surface area contributed by atoms with Crippen molar-refractivity contribution in [1.82, 2.24) is 0 Å². The van der Waals surface area contributed by atoms with Crippen LogP contribution < -0.4 is 9.30 Å². The maximum Gasteiger partial charge on any atom is 0.220 e. The Morgan fingerprint density at radius 1 is 0.760 bits per heavy atom. The minimum absolute atomic E-state index is 0.847. The molecule has 2 nitrogen and oxygen atoms in total. The molecule has 1 heterocycles. The third kappa shape index (κ3) is 2.99. The van der Waals surface area contributed by atoms with Gasteiger partial charge in [0, 0.05) is 6.07 Å². The number of hydrogen-bond donors (Lipinski definition) is 0. The lowest BCUT2D eigenvalue weighted by atomic mass is 9.99. The van der Waals surface area contributed by atoms with E-state index in [9.17, 15) is 0 Å². The highest BCUT2D eigenvalue weighted by Gasteiger charge is 2.17. The summed E-state index contributed by atoms with van der Waals surface area (Å²) in [7, 11) is 2.09. The normalized spacial score (nSPS) is 10.8. The molecule has 0 aliphatic heterocycles. The second kappa shape index (κ2) is 6.40. The van der Waals surface area contributed by atoms with Crippen molar-refractivity contribution in [3.05, 3.63) is 90.6 Å². The highest BCUT2D eigenvalue weighted by molar-refractivity contribution is 5.93. The summed E-state index contributed by atoms with van der Waals surface area (Å²) in [6.45, 7) is 2.14. The van der Waals surface area contributed by atoms with Crippen molar-refractivity contribution < 1.29 is 9.30 Å². The fourth-order valence-electron chi connectivity index (χ4n) is 3.19. The topological polar surface area (TPSA) is 13.1 Å². The van der Waals surface area contributed by atoms with Gasteiger partial charge in [-0.15, -0.1) is 0 Å². The Balaban J connectivity index is 1.86. The molecule has 0 aliphatic rings. The molecule has 0 fully saturated rings. The molecule has 0 aliphatic carbocycles. The lowest BCUT2D eigenvalue weighted by Crippen LogP contribution is -2.30. The molecular weight excluding hydrogens is 306 g/mol. The van der Waals surface area contributed by atoms with Crippen molar-refractivity contribution in [3.63, 3.8) is 0 Å². The van der Waals surface area contributed by atoms with Gasteiger partial charge in [-0.2, -0.15) is 0 Å². The summed E-state index contributed by atoms with van der Waals surface area (Å²) in [5.41, 5.74) is 3.62. The Labute approximate surface area is 148 Å². The van der Waals surface area contributed by atoms with Crippen LogP contribution in [0.4, 0.5) is 0 Å². The van der Waals surface area contributed by atoms with Gasteiger partial charge in [0.05, 0.1) is 10.9 Å². The van der Waals surface area contributed by atoms with Gasteiger partial charge in [-0.05, 0) is 48.2 Å². The highest BCUT2D eigenvalue weighted by Crippen LogP contribution is 2.32. The van der Waals surface area contributed by atoms with Crippen LogP contribution in [0.1, 0.15) is 5.56 Å². The molecule has 0 radical (unpaired) electrons. The Morgan fingerprint density at radius 2 is 1.52 bits per heavy atom. The summed E-state index contributed by atoms with van der Waals surface area (Å²) >= 11 is 0. The molecule has 0 bridgehead atoms. The zero-order valence-electron chi connectivity index (χ0n) is 14.4. The van der Waals surface area contributed by atoms with Crippen molar-refractivity contribution >= 4 is 10.8 Å². The number of fused-ring (bicyclic) bond motifs is 1. The number of benzene rings is 3. The van der Waals surface area contributed by atoms with Crippen LogP contribution in [-0.4, -0.2) is 0 Å². The van der Waals surface area contributed by atoms with E-state index in [1.807, 2.05) is 36.4 Å². The zero-order chi connectivity index (χ0) is 17.2. The van der Waals surface area contributed by atoms with Crippen LogP contribution in [-0.2, 0) is 7.05 Å². The first-order valence-electron chi connectivity index (χ1n) is 8.44. The number of para-hydroxylation sites is 1. The van der Waals surface area contributed by atoms with Gasteiger partial charge in [0.15, 0.2) is 6.20 Å². The van der Waals surface area contributed by atoms with E-state index in [0.29, 0.717) is 0 Å². The fraction of sp³-hybridized carbons (Fsp3) is 0.0870. The number of nitrogens with zero attached hydrogens (tertiary/aromatic N) is 1. The van der Waals surface area contributed by atoms with Crippen LogP contribution in [0.2, 0.25) is 0 Å². The Kier molecular flexibility index (Phi) is 3.95. The number of hydrogen-bond acceptors (Lipinski definition) is 1. The average molecular weight is 326 g/mol. The molecule has 0 saturated carbocycles. The van der Waals surface area contributed by atoms with Crippen LogP contribution >= 0.6 is 0 Å². The molecule has 25 heavy (non-hydrogen) atoms. The van der Waals surface area contributed by atoms with E-state index >= 15 is 0 Å². The van der Waals surface area contributed by atoms with E-state index < -0.39 is 0 Å². The maximum atomic E-state index is 6.04. The van der Waals surface area contributed by atoms with Crippen molar-refractivity contribution in [2.75, 3.05) is 0 Å². The van der Waals surface area contributed by atoms with Gasteiger partial charge in [-0.25, -0.2) is 4.57 Å². The zero-order valence-corrected chi connectivity index (χ0v) is 14.4. The van der Waals surface area contributed by atoms with Gasteiger partial charge < -0.3 is 4.74 Å². The van der Waals surface area contributed by atoms with Gasteiger partial charge in [-0.1, -0.05) is 42.5 Å².